The highest BCUT2D eigenvalue weighted by atomic mass is 35.5. The van der Waals surface area contributed by atoms with Gasteiger partial charge in [0.25, 0.3) is 0 Å². The number of carbonyl (C=O) groups is 1. The van der Waals surface area contributed by atoms with E-state index >= 15 is 0 Å². The zero-order chi connectivity index (χ0) is 14.8. The van der Waals surface area contributed by atoms with Gasteiger partial charge < -0.3 is 15.5 Å². The largest absolute Gasteiger partial charge is 0.352 e. The van der Waals surface area contributed by atoms with Crippen LogP contribution in [0.25, 0.3) is 0 Å². The van der Waals surface area contributed by atoms with Crippen LogP contribution in [0.1, 0.15) is 30.9 Å². The van der Waals surface area contributed by atoms with Crippen molar-refractivity contribution in [3.63, 3.8) is 0 Å². The average Bonchev–Trinajstić information content (AvgIpc) is 2.45. The summed E-state index contributed by atoms with van der Waals surface area (Å²) in [7, 11) is 4.01. The van der Waals surface area contributed by atoms with Gasteiger partial charge in [-0.1, -0.05) is 31.2 Å². The van der Waals surface area contributed by atoms with Crippen molar-refractivity contribution < 1.29 is 4.79 Å². The van der Waals surface area contributed by atoms with Crippen LogP contribution in [0.5, 0.6) is 0 Å². The maximum Gasteiger partial charge on any atom is 0.220 e. The lowest BCUT2D eigenvalue weighted by Crippen LogP contribution is -2.23. The van der Waals surface area contributed by atoms with Crippen molar-refractivity contribution in [2.24, 2.45) is 0 Å². The third kappa shape index (κ3) is 10.0. The van der Waals surface area contributed by atoms with Gasteiger partial charge >= 0.3 is 0 Å². The molecule has 128 valence electrons. The predicted octanol–water partition coefficient (Wildman–Crippen LogP) is 2.60. The average molecular weight is 350 g/mol. The molecule has 0 saturated carbocycles. The van der Waals surface area contributed by atoms with Crippen LogP contribution in [0.15, 0.2) is 24.3 Å². The number of halogens is 2. The quantitative estimate of drug-likeness (QED) is 0.673. The molecule has 1 amide bonds. The van der Waals surface area contributed by atoms with E-state index in [-0.39, 0.29) is 30.7 Å². The molecule has 1 aromatic rings. The van der Waals surface area contributed by atoms with E-state index in [0.717, 1.165) is 31.6 Å². The van der Waals surface area contributed by atoms with Crippen molar-refractivity contribution in [1.82, 2.24) is 15.5 Å². The Bertz CT molecular complexity index is 416. The van der Waals surface area contributed by atoms with Crippen LogP contribution in [0.3, 0.4) is 0 Å². The Morgan fingerprint density at radius 2 is 1.91 bits per heavy atom. The molecule has 0 aliphatic rings. The van der Waals surface area contributed by atoms with Gasteiger partial charge in [0.05, 0.1) is 0 Å². The van der Waals surface area contributed by atoms with E-state index in [4.69, 9.17) is 0 Å². The minimum absolute atomic E-state index is 0. The van der Waals surface area contributed by atoms with Crippen molar-refractivity contribution in [3.8, 4) is 0 Å². The zero-order valence-corrected chi connectivity index (χ0v) is 15.4. The molecule has 0 spiro atoms. The summed E-state index contributed by atoms with van der Waals surface area (Å²) in [4.78, 5) is 13.9. The van der Waals surface area contributed by atoms with Crippen molar-refractivity contribution in [2.45, 2.75) is 32.9 Å². The van der Waals surface area contributed by atoms with E-state index in [1.54, 1.807) is 0 Å². The Hall–Kier alpha value is -0.810. The molecule has 0 aliphatic heterocycles. The molecule has 1 rings (SSSR count). The Labute approximate surface area is 146 Å². The number of hydrogen-bond acceptors (Lipinski definition) is 3. The molecule has 2 N–H and O–H groups in total. The van der Waals surface area contributed by atoms with Crippen molar-refractivity contribution in [1.29, 1.82) is 0 Å². The summed E-state index contributed by atoms with van der Waals surface area (Å²) < 4.78 is 0. The summed E-state index contributed by atoms with van der Waals surface area (Å²) in [6.07, 6.45) is 1.46. The minimum Gasteiger partial charge on any atom is -0.352 e. The van der Waals surface area contributed by atoms with Crippen LogP contribution in [0.4, 0.5) is 0 Å². The maximum atomic E-state index is 11.7. The second-order valence-corrected chi connectivity index (χ2v) is 5.13. The van der Waals surface area contributed by atoms with Gasteiger partial charge in [-0.3, -0.25) is 4.79 Å². The van der Waals surface area contributed by atoms with Gasteiger partial charge in [0.15, 0.2) is 0 Å². The number of amides is 1. The molecule has 0 unspecified atom stereocenters. The number of rotatable bonds is 9. The summed E-state index contributed by atoms with van der Waals surface area (Å²) in [6.45, 7) is 5.62. The van der Waals surface area contributed by atoms with Gasteiger partial charge in [-0.2, -0.15) is 0 Å². The molecular weight excluding hydrogens is 321 g/mol. The van der Waals surface area contributed by atoms with Crippen LogP contribution in [0.2, 0.25) is 0 Å². The monoisotopic (exact) mass is 349 g/mol. The van der Waals surface area contributed by atoms with Gasteiger partial charge in [0, 0.05) is 19.5 Å². The smallest absolute Gasteiger partial charge is 0.220 e. The Balaban J connectivity index is 0. The lowest BCUT2D eigenvalue weighted by atomic mass is 10.1. The van der Waals surface area contributed by atoms with Crippen LogP contribution in [-0.4, -0.2) is 38.0 Å². The maximum absolute atomic E-state index is 11.7. The van der Waals surface area contributed by atoms with Crippen LogP contribution in [0, 0.1) is 0 Å². The highest BCUT2D eigenvalue weighted by Gasteiger charge is 2.02. The summed E-state index contributed by atoms with van der Waals surface area (Å²) in [5, 5.41) is 6.02. The number of hydrogen-bond donors (Lipinski definition) is 2. The highest BCUT2D eigenvalue weighted by Crippen LogP contribution is 2.07. The first-order valence-electron chi connectivity index (χ1n) is 7.33. The fraction of sp³-hybridized carbons (Fsp3) is 0.562. The Morgan fingerprint density at radius 3 is 2.55 bits per heavy atom. The van der Waals surface area contributed by atoms with E-state index < -0.39 is 0 Å². The van der Waals surface area contributed by atoms with Crippen molar-refractivity contribution >= 4 is 30.7 Å². The molecule has 0 atom stereocenters. The van der Waals surface area contributed by atoms with Crippen LogP contribution >= 0.6 is 24.8 Å². The number of nitrogens with one attached hydrogen (secondary N) is 2. The molecule has 0 aromatic heterocycles. The molecule has 0 saturated heterocycles. The van der Waals surface area contributed by atoms with Gasteiger partial charge in [-0.25, -0.2) is 0 Å². The number of benzene rings is 1. The first-order valence-corrected chi connectivity index (χ1v) is 7.33. The topological polar surface area (TPSA) is 44.4 Å². The van der Waals surface area contributed by atoms with E-state index in [0.29, 0.717) is 13.0 Å². The molecule has 22 heavy (non-hydrogen) atoms. The summed E-state index contributed by atoms with van der Waals surface area (Å²) in [6, 6.07) is 8.41. The molecule has 0 radical (unpaired) electrons. The Morgan fingerprint density at radius 1 is 1.23 bits per heavy atom. The third-order valence-corrected chi connectivity index (χ3v) is 3.30. The van der Waals surface area contributed by atoms with Gasteiger partial charge in [0.1, 0.15) is 0 Å². The summed E-state index contributed by atoms with van der Waals surface area (Å²) >= 11 is 0. The lowest BCUT2D eigenvalue weighted by Gasteiger charge is -2.14. The van der Waals surface area contributed by atoms with E-state index in [1.165, 1.54) is 5.56 Å². The summed E-state index contributed by atoms with van der Waals surface area (Å²) in [5.41, 5.74) is 2.45. The van der Waals surface area contributed by atoms with Crippen LogP contribution in [-0.2, 0) is 17.9 Å². The number of nitrogens with zero attached hydrogens (tertiary/aromatic N) is 1. The SMILES string of the molecule is CCN(C)Cc1cccc(CNC(=O)CCCNC)c1.Cl.Cl. The first kappa shape index (κ1) is 23.5. The second-order valence-electron chi connectivity index (χ2n) is 5.13. The first-order chi connectivity index (χ1) is 9.65. The van der Waals surface area contributed by atoms with Gasteiger partial charge in [0.2, 0.25) is 5.91 Å². The van der Waals surface area contributed by atoms with E-state index in [2.05, 4.69) is 53.8 Å². The van der Waals surface area contributed by atoms with Crippen molar-refractivity contribution in [3.05, 3.63) is 35.4 Å². The summed E-state index contributed by atoms with van der Waals surface area (Å²) in [5.74, 6) is 0.122. The fourth-order valence-electron chi connectivity index (χ4n) is 1.98. The highest BCUT2D eigenvalue weighted by molar-refractivity contribution is 5.85. The molecule has 1 aromatic carbocycles. The lowest BCUT2D eigenvalue weighted by molar-refractivity contribution is -0.121. The standard InChI is InChI=1S/C16H27N3O.2ClH/c1-4-19(3)13-15-8-5-7-14(11-15)12-18-16(20)9-6-10-17-2;;/h5,7-8,11,17H,4,6,9-10,12-13H2,1-3H3,(H,18,20);2*1H. The van der Waals surface area contributed by atoms with E-state index in [1.807, 2.05) is 7.05 Å². The zero-order valence-electron chi connectivity index (χ0n) is 13.7. The molecule has 4 nitrogen and oxygen atoms in total. The van der Waals surface area contributed by atoms with Crippen LogP contribution < -0.4 is 10.6 Å². The minimum atomic E-state index is 0. The predicted molar refractivity (Wildman–Crippen MR) is 98.0 cm³/mol. The van der Waals surface area contributed by atoms with E-state index in [9.17, 15) is 4.79 Å². The fourth-order valence-corrected chi connectivity index (χ4v) is 1.98. The molecule has 0 aliphatic carbocycles. The van der Waals surface area contributed by atoms with Gasteiger partial charge in [-0.15, -0.1) is 24.8 Å². The number of carbonyl (C=O) groups excluding carboxylic acids is 1. The Kier molecular flexibility index (Phi) is 14.7. The molecular formula is C16H29Cl2N3O. The molecule has 6 heteroatoms. The molecule has 0 fully saturated rings. The second kappa shape index (κ2) is 13.8. The third-order valence-electron chi connectivity index (χ3n) is 3.30. The normalized spacial score (nSPS) is 9.82. The van der Waals surface area contributed by atoms with Crippen molar-refractivity contribution in [2.75, 3.05) is 27.2 Å². The molecule has 0 heterocycles. The molecule has 0 bridgehead atoms. The van der Waals surface area contributed by atoms with Gasteiger partial charge in [-0.05, 0) is 44.7 Å².